The molecule has 0 radical (unpaired) electrons. The molecule has 0 saturated heterocycles. The Morgan fingerprint density at radius 2 is 1.20 bits per heavy atom. The summed E-state index contributed by atoms with van der Waals surface area (Å²) in [6.45, 7) is 0. The topological polar surface area (TPSA) is 46.2 Å². The van der Waals surface area contributed by atoms with E-state index >= 15 is 0 Å². The average molecular weight is 327 g/mol. The third-order valence-corrected chi connectivity index (χ3v) is 3.67. The number of rotatable bonds is 5. The van der Waals surface area contributed by atoms with Crippen molar-refractivity contribution in [3.05, 3.63) is 108 Å². The fourth-order valence-corrected chi connectivity index (χ4v) is 2.42. The number of nitrogens with one attached hydrogen (secondary N) is 1. The summed E-state index contributed by atoms with van der Waals surface area (Å²) < 4.78 is 0. The van der Waals surface area contributed by atoms with E-state index in [1.54, 1.807) is 42.5 Å². The lowest BCUT2D eigenvalue weighted by atomic mass is 10.00. The zero-order valence-electron chi connectivity index (χ0n) is 13.6. The van der Waals surface area contributed by atoms with E-state index in [1.807, 2.05) is 54.6 Å². The molecule has 3 rings (SSSR count). The Hall–Kier alpha value is -3.46. The number of para-hydroxylation sites is 1. The molecule has 3 aromatic rings. The van der Waals surface area contributed by atoms with Crippen molar-refractivity contribution in [3.8, 4) is 0 Å². The van der Waals surface area contributed by atoms with Gasteiger partial charge in [0.15, 0.2) is 5.78 Å². The first kappa shape index (κ1) is 16.4. The number of hydrogen-bond donors (Lipinski definition) is 1. The van der Waals surface area contributed by atoms with Crippen LogP contribution in [0.3, 0.4) is 0 Å². The standard InChI is InChI=1S/C22H17NO2/c24-21(18-12-6-2-7-13-18)20(16-17-10-4-1-5-11-17)22(25)23-19-14-8-3-9-15-19/h1-16H,(H,23,25). The highest BCUT2D eigenvalue weighted by Gasteiger charge is 2.20. The van der Waals surface area contributed by atoms with Crippen molar-refractivity contribution in [2.75, 3.05) is 5.32 Å². The predicted molar refractivity (Wildman–Crippen MR) is 100 cm³/mol. The molecule has 0 unspecified atom stereocenters. The Kier molecular flexibility index (Phi) is 5.17. The quantitative estimate of drug-likeness (QED) is 0.322. The summed E-state index contributed by atoms with van der Waals surface area (Å²) in [5.41, 5.74) is 2.02. The molecule has 122 valence electrons. The van der Waals surface area contributed by atoms with E-state index in [0.29, 0.717) is 11.3 Å². The van der Waals surface area contributed by atoms with Gasteiger partial charge < -0.3 is 5.32 Å². The molecular weight excluding hydrogens is 310 g/mol. The van der Waals surface area contributed by atoms with Crippen molar-refractivity contribution in [1.82, 2.24) is 0 Å². The molecule has 3 nitrogen and oxygen atoms in total. The zero-order chi connectivity index (χ0) is 17.5. The summed E-state index contributed by atoms with van der Waals surface area (Å²) in [6.07, 6.45) is 1.62. The van der Waals surface area contributed by atoms with Crippen molar-refractivity contribution in [2.45, 2.75) is 0 Å². The number of anilines is 1. The van der Waals surface area contributed by atoms with Crippen LogP contribution >= 0.6 is 0 Å². The van der Waals surface area contributed by atoms with Crippen LogP contribution in [0, 0.1) is 0 Å². The van der Waals surface area contributed by atoms with Crippen LogP contribution in [0.2, 0.25) is 0 Å². The lowest BCUT2D eigenvalue weighted by Crippen LogP contribution is -2.20. The maximum atomic E-state index is 12.9. The molecule has 25 heavy (non-hydrogen) atoms. The summed E-state index contributed by atoms with van der Waals surface area (Å²) >= 11 is 0. The van der Waals surface area contributed by atoms with Crippen LogP contribution in [0.25, 0.3) is 6.08 Å². The van der Waals surface area contributed by atoms with Crippen molar-refractivity contribution >= 4 is 23.5 Å². The van der Waals surface area contributed by atoms with Gasteiger partial charge in [-0.25, -0.2) is 0 Å². The molecule has 0 atom stereocenters. The van der Waals surface area contributed by atoms with Crippen LogP contribution in [-0.2, 0) is 4.79 Å². The van der Waals surface area contributed by atoms with Gasteiger partial charge in [-0.15, -0.1) is 0 Å². The number of Topliss-reactive ketones (excluding diaryl/α,β-unsaturated/α-hetero) is 1. The van der Waals surface area contributed by atoms with Crippen molar-refractivity contribution in [2.24, 2.45) is 0 Å². The molecule has 0 aliphatic carbocycles. The number of benzene rings is 3. The molecule has 0 spiro atoms. The molecule has 0 heterocycles. The molecular formula is C22H17NO2. The summed E-state index contributed by atoms with van der Waals surface area (Å²) in [4.78, 5) is 25.6. The summed E-state index contributed by atoms with van der Waals surface area (Å²) in [7, 11) is 0. The van der Waals surface area contributed by atoms with E-state index in [0.717, 1.165) is 5.56 Å². The summed E-state index contributed by atoms with van der Waals surface area (Å²) in [6, 6.07) is 27.2. The van der Waals surface area contributed by atoms with Gasteiger partial charge in [0.2, 0.25) is 0 Å². The summed E-state index contributed by atoms with van der Waals surface area (Å²) in [5.74, 6) is -0.734. The maximum Gasteiger partial charge on any atom is 0.259 e. The number of carbonyl (C=O) groups excluding carboxylic acids is 2. The van der Waals surface area contributed by atoms with E-state index < -0.39 is 5.91 Å². The Morgan fingerprint density at radius 1 is 0.680 bits per heavy atom. The Labute approximate surface area is 146 Å². The molecule has 0 aliphatic heterocycles. The minimum atomic E-state index is -0.427. The molecule has 0 bridgehead atoms. The van der Waals surface area contributed by atoms with Crippen LogP contribution < -0.4 is 5.32 Å². The van der Waals surface area contributed by atoms with E-state index in [4.69, 9.17) is 0 Å². The van der Waals surface area contributed by atoms with Gasteiger partial charge in [0.1, 0.15) is 0 Å². The van der Waals surface area contributed by atoms with Gasteiger partial charge in [0.25, 0.3) is 5.91 Å². The second kappa shape index (κ2) is 7.88. The second-order valence-corrected chi connectivity index (χ2v) is 5.48. The normalized spacial score (nSPS) is 11.0. The Bertz CT molecular complexity index is 885. The van der Waals surface area contributed by atoms with E-state index in [9.17, 15) is 9.59 Å². The second-order valence-electron chi connectivity index (χ2n) is 5.48. The van der Waals surface area contributed by atoms with Crippen molar-refractivity contribution < 1.29 is 9.59 Å². The fourth-order valence-electron chi connectivity index (χ4n) is 2.42. The average Bonchev–Trinajstić information content (AvgIpc) is 2.68. The van der Waals surface area contributed by atoms with Crippen LogP contribution in [0.15, 0.2) is 96.6 Å². The molecule has 3 heteroatoms. The fraction of sp³-hybridized carbons (Fsp3) is 0. The number of amides is 1. The first-order valence-electron chi connectivity index (χ1n) is 7.97. The van der Waals surface area contributed by atoms with E-state index in [2.05, 4.69) is 5.32 Å². The van der Waals surface area contributed by atoms with Crippen molar-refractivity contribution in [1.29, 1.82) is 0 Å². The first-order chi connectivity index (χ1) is 12.2. The van der Waals surface area contributed by atoms with Crippen LogP contribution in [-0.4, -0.2) is 11.7 Å². The van der Waals surface area contributed by atoms with Gasteiger partial charge in [0.05, 0.1) is 5.57 Å². The van der Waals surface area contributed by atoms with Crippen LogP contribution in [0.1, 0.15) is 15.9 Å². The van der Waals surface area contributed by atoms with E-state index in [-0.39, 0.29) is 11.4 Å². The summed E-state index contributed by atoms with van der Waals surface area (Å²) in [5, 5.41) is 2.78. The van der Waals surface area contributed by atoms with Crippen molar-refractivity contribution in [3.63, 3.8) is 0 Å². The third-order valence-electron chi connectivity index (χ3n) is 3.67. The third kappa shape index (κ3) is 4.30. The lowest BCUT2D eigenvalue weighted by Gasteiger charge is -2.09. The Balaban J connectivity index is 1.96. The molecule has 0 fully saturated rings. The SMILES string of the molecule is O=C(Nc1ccccc1)C(=Cc1ccccc1)C(=O)c1ccccc1. The highest BCUT2D eigenvalue weighted by Crippen LogP contribution is 2.16. The minimum absolute atomic E-state index is 0.0984. The van der Waals surface area contributed by atoms with Gasteiger partial charge in [-0.05, 0) is 23.8 Å². The highest BCUT2D eigenvalue weighted by molar-refractivity contribution is 6.31. The monoisotopic (exact) mass is 327 g/mol. The smallest absolute Gasteiger partial charge is 0.259 e. The Morgan fingerprint density at radius 3 is 1.80 bits per heavy atom. The van der Waals surface area contributed by atoms with Gasteiger partial charge in [0, 0.05) is 11.3 Å². The van der Waals surface area contributed by atoms with Gasteiger partial charge in [-0.2, -0.15) is 0 Å². The van der Waals surface area contributed by atoms with E-state index in [1.165, 1.54) is 0 Å². The molecule has 0 aromatic heterocycles. The first-order valence-corrected chi connectivity index (χ1v) is 7.97. The lowest BCUT2D eigenvalue weighted by molar-refractivity contribution is -0.112. The minimum Gasteiger partial charge on any atom is -0.322 e. The number of ketones is 1. The largest absolute Gasteiger partial charge is 0.322 e. The molecule has 1 N–H and O–H groups in total. The van der Waals surface area contributed by atoms with Gasteiger partial charge in [-0.1, -0.05) is 78.9 Å². The number of carbonyl (C=O) groups is 2. The molecule has 0 saturated carbocycles. The number of hydrogen-bond acceptors (Lipinski definition) is 2. The molecule has 1 amide bonds. The molecule has 3 aromatic carbocycles. The van der Waals surface area contributed by atoms with Gasteiger partial charge in [-0.3, -0.25) is 9.59 Å². The van der Waals surface area contributed by atoms with Gasteiger partial charge >= 0.3 is 0 Å². The van der Waals surface area contributed by atoms with Crippen LogP contribution in [0.4, 0.5) is 5.69 Å². The predicted octanol–water partition coefficient (Wildman–Crippen LogP) is 4.59. The zero-order valence-corrected chi connectivity index (χ0v) is 13.6. The highest BCUT2D eigenvalue weighted by atomic mass is 16.2. The molecule has 0 aliphatic rings. The maximum absolute atomic E-state index is 12.9. The van der Waals surface area contributed by atoms with Crippen LogP contribution in [0.5, 0.6) is 0 Å².